The van der Waals surface area contributed by atoms with Crippen LogP contribution in [0, 0.1) is 23.7 Å². The number of methoxy groups -OCH3 is 1. The van der Waals surface area contributed by atoms with E-state index in [2.05, 4.69) is 26.6 Å². The van der Waals surface area contributed by atoms with Gasteiger partial charge >= 0.3 is 12.1 Å². The fraction of sp³-hybridized carbons (Fsp3) is 0.818. The minimum Gasteiger partial charge on any atom is -0.467 e. The van der Waals surface area contributed by atoms with E-state index in [0.29, 0.717) is 12.8 Å². The normalized spacial score (nSPS) is 15.0. The molecule has 0 saturated carbocycles. The van der Waals surface area contributed by atoms with Crippen molar-refractivity contribution in [2.24, 2.45) is 23.7 Å². The molecule has 0 bridgehead atoms. The van der Waals surface area contributed by atoms with Crippen LogP contribution in [0.5, 0.6) is 0 Å². The van der Waals surface area contributed by atoms with Gasteiger partial charge in [-0.15, -0.1) is 0 Å². The first kappa shape index (κ1) is 42.6. The molecule has 13 nitrogen and oxygen atoms in total. The van der Waals surface area contributed by atoms with E-state index in [9.17, 15) is 28.8 Å². The molecule has 0 heterocycles. The average molecular weight is 656 g/mol. The average Bonchev–Trinajstić information content (AvgIpc) is 2.88. The lowest BCUT2D eigenvalue weighted by atomic mass is 9.98. The van der Waals surface area contributed by atoms with E-state index in [1.54, 1.807) is 20.8 Å². The Balaban J connectivity index is 5.93. The molecule has 0 unspecified atom stereocenters. The first-order chi connectivity index (χ1) is 21.1. The van der Waals surface area contributed by atoms with Gasteiger partial charge in [-0.2, -0.15) is 0 Å². The Bertz CT molecular complexity index is 1020. The Hall–Kier alpha value is -3.38. The molecule has 0 aliphatic carbocycles. The molecular weight excluding hydrogens is 594 g/mol. The lowest BCUT2D eigenvalue weighted by Gasteiger charge is -2.28. The van der Waals surface area contributed by atoms with Crippen LogP contribution >= 0.6 is 0 Å². The molecule has 5 amide bonds. The van der Waals surface area contributed by atoms with E-state index in [0.717, 1.165) is 0 Å². The van der Waals surface area contributed by atoms with Crippen molar-refractivity contribution in [2.75, 3.05) is 7.11 Å². The van der Waals surface area contributed by atoms with Gasteiger partial charge in [0.2, 0.25) is 23.6 Å². The van der Waals surface area contributed by atoms with Crippen LogP contribution in [0.2, 0.25) is 0 Å². The van der Waals surface area contributed by atoms with Crippen LogP contribution in [0.15, 0.2) is 0 Å². The van der Waals surface area contributed by atoms with Crippen molar-refractivity contribution in [2.45, 2.75) is 145 Å². The summed E-state index contributed by atoms with van der Waals surface area (Å²) in [5.41, 5.74) is -0.752. The van der Waals surface area contributed by atoms with Crippen molar-refractivity contribution in [1.29, 1.82) is 0 Å². The van der Waals surface area contributed by atoms with Crippen molar-refractivity contribution in [3.63, 3.8) is 0 Å². The van der Waals surface area contributed by atoms with Crippen LogP contribution in [0.4, 0.5) is 4.79 Å². The van der Waals surface area contributed by atoms with Crippen molar-refractivity contribution < 1.29 is 38.2 Å². The third kappa shape index (κ3) is 17.9. The van der Waals surface area contributed by atoms with Crippen LogP contribution in [0.3, 0.4) is 0 Å². The van der Waals surface area contributed by atoms with Gasteiger partial charge in [0, 0.05) is 0 Å². The predicted octanol–water partition coefficient (Wildman–Crippen LogP) is 3.20. The number of carbonyl (C=O) groups is 6. The minimum atomic E-state index is -1.01. The maximum atomic E-state index is 13.6. The third-order valence-corrected chi connectivity index (χ3v) is 6.66. The Morgan fingerprint density at radius 3 is 1.11 bits per heavy atom. The zero-order valence-corrected chi connectivity index (χ0v) is 30.3. The van der Waals surface area contributed by atoms with Crippen LogP contribution in [0.25, 0.3) is 0 Å². The standard InChI is InChI=1S/C33H61N5O8/c1-18(2)14-23(35-27(39)22(9)34-32(44)46-33(10,11)12)28(40)36-24(15-19(3)4)29(41)37-25(16-20(5)6)30(42)38-26(17-21(7)8)31(43)45-13/h18-26H,14-17H2,1-13H3,(H,34,44)(H,35,39)(H,36,40)(H,37,41)(H,38,42)/t22-,23-,24-,25-,26-/m0/s1. The second-order valence-corrected chi connectivity index (χ2v) is 14.7. The number of rotatable bonds is 18. The summed E-state index contributed by atoms with van der Waals surface area (Å²) in [7, 11) is 1.25. The minimum absolute atomic E-state index is 0.000590. The van der Waals surface area contributed by atoms with Crippen molar-refractivity contribution in [1.82, 2.24) is 26.6 Å². The Kier molecular flexibility index (Phi) is 18.5. The summed E-state index contributed by atoms with van der Waals surface area (Å²) in [6.07, 6.45) is 0.433. The lowest BCUT2D eigenvalue weighted by Crippen LogP contribution is -2.59. The molecule has 46 heavy (non-hydrogen) atoms. The summed E-state index contributed by atoms with van der Waals surface area (Å²) in [4.78, 5) is 78.0. The van der Waals surface area contributed by atoms with Gasteiger partial charge in [0.1, 0.15) is 35.8 Å². The molecular formula is C33H61N5O8. The number of ether oxygens (including phenoxy) is 2. The molecule has 0 fully saturated rings. The summed E-state index contributed by atoms with van der Waals surface area (Å²) < 4.78 is 10.1. The highest BCUT2D eigenvalue weighted by atomic mass is 16.6. The van der Waals surface area contributed by atoms with Crippen molar-refractivity contribution >= 4 is 35.7 Å². The Labute approximate surface area is 275 Å². The summed E-state index contributed by atoms with van der Waals surface area (Å²) in [6.45, 7) is 21.8. The Morgan fingerprint density at radius 1 is 0.500 bits per heavy atom. The maximum Gasteiger partial charge on any atom is 0.408 e. The number of alkyl carbamates (subject to hydrolysis) is 1. The molecule has 0 aliphatic rings. The molecule has 0 aromatic heterocycles. The predicted molar refractivity (Wildman–Crippen MR) is 176 cm³/mol. The first-order valence-corrected chi connectivity index (χ1v) is 16.3. The summed E-state index contributed by atoms with van der Waals surface area (Å²) in [5.74, 6) is -2.68. The van der Waals surface area contributed by atoms with Gasteiger partial charge in [0.25, 0.3) is 0 Å². The maximum absolute atomic E-state index is 13.6. The van der Waals surface area contributed by atoms with Gasteiger partial charge in [0.15, 0.2) is 0 Å². The van der Waals surface area contributed by atoms with Crippen LogP contribution in [-0.4, -0.2) is 78.6 Å². The van der Waals surface area contributed by atoms with E-state index in [4.69, 9.17) is 9.47 Å². The van der Waals surface area contributed by atoms with Gasteiger partial charge in [-0.25, -0.2) is 9.59 Å². The van der Waals surface area contributed by atoms with E-state index in [1.165, 1.54) is 14.0 Å². The highest BCUT2D eigenvalue weighted by Crippen LogP contribution is 2.13. The molecule has 0 aromatic carbocycles. The molecule has 0 aliphatic heterocycles. The molecule has 13 heteroatoms. The van der Waals surface area contributed by atoms with Crippen LogP contribution in [0.1, 0.15) is 109 Å². The van der Waals surface area contributed by atoms with E-state index in [1.807, 2.05) is 55.4 Å². The SMILES string of the molecule is COC(=O)[C@H](CC(C)C)NC(=O)[C@H](CC(C)C)NC(=O)[C@H](CC(C)C)NC(=O)[C@H](CC(C)C)NC(=O)[C@H](C)NC(=O)OC(C)(C)C. The highest BCUT2D eigenvalue weighted by molar-refractivity contribution is 5.95. The number of hydrogen-bond acceptors (Lipinski definition) is 8. The van der Waals surface area contributed by atoms with Crippen molar-refractivity contribution in [3.05, 3.63) is 0 Å². The van der Waals surface area contributed by atoms with E-state index >= 15 is 0 Å². The molecule has 266 valence electrons. The van der Waals surface area contributed by atoms with Crippen LogP contribution < -0.4 is 26.6 Å². The highest BCUT2D eigenvalue weighted by Gasteiger charge is 2.33. The van der Waals surface area contributed by atoms with Gasteiger partial charge in [0.05, 0.1) is 7.11 Å². The van der Waals surface area contributed by atoms with E-state index in [-0.39, 0.29) is 36.5 Å². The molecule has 0 radical (unpaired) electrons. The summed E-state index contributed by atoms with van der Waals surface area (Å²) >= 11 is 0. The molecule has 0 spiro atoms. The molecule has 0 saturated heterocycles. The lowest BCUT2D eigenvalue weighted by molar-refractivity contribution is -0.146. The smallest absolute Gasteiger partial charge is 0.408 e. The zero-order chi connectivity index (χ0) is 35.9. The molecule has 0 aromatic rings. The second kappa shape index (κ2) is 20.0. The quantitative estimate of drug-likeness (QED) is 0.140. The largest absolute Gasteiger partial charge is 0.467 e. The number of nitrogens with one attached hydrogen (secondary N) is 5. The molecule has 0 rings (SSSR count). The number of esters is 1. The summed E-state index contributed by atoms with van der Waals surface area (Å²) in [5, 5.41) is 13.4. The number of amides is 5. The van der Waals surface area contributed by atoms with Gasteiger partial charge < -0.3 is 36.1 Å². The third-order valence-electron chi connectivity index (χ3n) is 6.66. The summed E-state index contributed by atoms with van der Waals surface area (Å²) in [6, 6.07) is -4.84. The van der Waals surface area contributed by atoms with Crippen LogP contribution in [-0.2, 0) is 33.4 Å². The topological polar surface area (TPSA) is 181 Å². The van der Waals surface area contributed by atoms with Crippen molar-refractivity contribution in [3.8, 4) is 0 Å². The second-order valence-electron chi connectivity index (χ2n) is 14.7. The van der Waals surface area contributed by atoms with E-state index < -0.39 is 71.5 Å². The monoisotopic (exact) mass is 655 g/mol. The van der Waals surface area contributed by atoms with Gasteiger partial charge in [-0.05, 0) is 77.0 Å². The van der Waals surface area contributed by atoms with Gasteiger partial charge in [-0.1, -0.05) is 55.4 Å². The molecule has 5 N–H and O–H groups in total. The Morgan fingerprint density at radius 2 is 0.804 bits per heavy atom. The zero-order valence-electron chi connectivity index (χ0n) is 30.3. The number of hydrogen-bond donors (Lipinski definition) is 5. The number of carbonyl (C=O) groups excluding carboxylic acids is 6. The fourth-order valence-corrected chi connectivity index (χ4v) is 4.60. The molecule has 5 atom stereocenters. The van der Waals surface area contributed by atoms with Gasteiger partial charge in [-0.3, -0.25) is 19.2 Å². The fourth-order valence-electron chi connectivity index (χ4n) is 4.60. The first-order valence-electron chi connectivity index (χ1n) is 16.3.